The Morgan fingerprint density at radius 3 is 2.74 bits per heavy atom. The molecule has 0 spiro atoms. The summed E-state index contributed by atoms with van der Waals surface area (Å²) in [6, 6.07) is 11.5. The predicted molar refractivity (Wildman–Crippen MR) is 85.5 cm³/mol. The Hall–Kier alpha value is -3.02. The Morgan fingerprint density at radius 2 is 2.04 bits per heavy atom. The van der Waals surface area contributed by atoms with E-state index in [1.54, 1.807) is 18.5 Å². The normalized spacial score (nSPS) is 10.4. The Morgan fingerprint density at radius 1 is 1.17 bits per heavy atom. The van der Waals surface area contributed by atoms with E-state index in [9.17, 15) is 4.79 Å². The van der Waals surface area contributed by atoms with Gasteiger partial charge < -0.3 is 9.73 Å². The van der Waals surface area contributed by atoms with Crippen molar-refractivity contribution in [2.75, 3.05) is 5.32 Å². The molecule has 2 heterocycles. The molecule has 0 atom stereocenters. The first-order chi connectivity index (χ1) is 11.3. The molecule has 0 aliphatic heterocycles. The molecule has 0 fully saturated rings. The van der Waals surface area contributed by atoms with Crippen LogP contribution in [-0.2, 0) is 11.2 Å². The van der Waals surface area contributed by atoms with Gasteiger partial charge in [0.05, 0.1) is 11.9 Å². The molecule has 116 valence electrons. The van der Waals surface area contributed by atoms with E-state index in [0.29, 0.717) is 12.3 Å². The van der Waals surface area contributed by atoms with E-state index in [4.69, 9.17) is 4.42 Å². The van der Waals surface area contributed by atoms with Gasteiger partial charge in [-0.3, -0.25) is 9.78 Å². The quantitative estimate of drug-likeness (QED) is 0.756. The molecule has 6 nitrogen and oxygen atoms in total. The summed E-state index contributed by atoms with van der Waals surface area (Å²) >= 11 is 0. The number of nitrogens with zero attached hydrogens (tertiary/aromatic N) is 3. The van der Waals surface area contributed by atoms with Crippen LogP contribution in [0.25, 0.3) is 11.5 Å². The van der Waals surface area contributed by atoms with Gasteiger partial charge >= 0.3 is 0 Å². The summed E-state index contributed by atoms with van der Waals surface area (Å²) in [5.41, 5.74) is 2.78. The molecule has 0 aliphatic rings. The summed E-state index contributed by atoms with van der Waals surface area (Å²) in [5.74, 6) is 0.507. The minimum atomic E-state index is 0.000445. The van der Waals surface area contributed by atoms with E-state index in [2.05, 4.69) is 20.5 Å². The highest BCUT2D eigenvalue weighted by atomic mass is 16.4. The van der Waals surface area contributed by atoms with E-state index in [0.717, 1.165) is 24.1 Å². The van der Waals surface area contributed by atoms with Crippen LogP contribution in [0.2, 0.25) is 0 Å². The molecule has 6 heteroatoms. The maximum atomic E-state index is 11.8. The zero-order chi connectivity index (χ0) is 15.9. The zero-order valence-electron chi connectivity index (χ0n) is 12.5. The Balaban J connectivity index is 1.46. The summed E-state index contributed by atoms with van der Waals surface area (Å²) in [7, 11) is 0. The summed E-state index contributed by atoms with van der Waals surface area (Å²) < 4.78 is 5.15. The van der Waals surface area contributed by atoms with Gasteiger partial charge in [-0.1, -0.05) is 12.1 Å². The number of aryl methyl sites for hydroxylation is 1. The first-order valence-corrected chi connectivity index (χ1v) is 7.36. The highest BCUT2D eigenvalue weighted by Crippen LogP contribution is 2.17. The zero-order valence-corrected chi connectivity index (χ0v) is 12.5. The molecule has 2 aromatic heterocycles. The molecule has 1 N–H and O–H groups in total. The molecule has 0 aliphatic carbocycles. The predicted octanol–water partition coefficient (Wildman–Crippen LogP) is 3.09. The molecule has 1 aromatic carbocycles. The van der Waals surface area contributed by atoms with Crippen molar-refractivity contribution in [1.29, 1.82) is 0 Å². The van der Waals surface area contributed by atoms with Crippen LogP contribution in [0.15, 0.2) is 59.6 Å². The largest absolute Gasteiger partial charge is 0.423 e. The maximum Gasteiger partial charge on any atom is 0.247 e. The standard InChI is InChI=1S/C17H16N4O2/c22-16(20-15-4-2-10-18-11-15)5-1-3-13-6-8-14(9-7-13)17-21-19-12-23-17/h2,4,6-12H,1,3,5H2,(H,20,22). The van der Waals surface area contributed by atoms with Gasteiger partial charge in [-0.05, 0) is 42.7 Å². The van der Waals surface area contributed by atoms with Gasteiger partial charge in [0.1, 0.15) is 0 Å². The van der Waals surface area contributed by atoms with Crippen molar-refractivity contribution in [1.82, 2.24) is 15.2 Å². The van der Waals surface area contributed by atoms with Crippen molar-refractivity contribution < 1.29 is 9.21 Å². The van der Waals surface area contributed by atoms with E-state index in [1.807, 2.05) is 30.3 Å². The number of nitrogens with one attached hydrogen (secondary N) is 1. The molecular weight excluding hydrogens is 292 g/mol. The second kappa shape index (κ2) is 7.31. The van der Waals surface area contributed by atoms with Crippen molar-refractivity contribution in [3.05, 3.63) is 60.7 Å². The van der Waals surface area contributed by atoms with Crippen molar-refractivity contribution >= 4 is 11.6 Å². The van der Waals surface area contributed by atoms with Gasteiger partial charge in [0, 0.05) is 18.2 Å². The third kappa shape index (κ3) is 4.23. The number of carbonyl (C=O) groups excluding carboxylic acids is 1. The summed E-state index contributed by atoms with van der Waals surface area (Å²) in [4.78, 5) is 15.8. The van der Waals surface area contributed by atoms with E-state index >= 15 is 0 Å². The number of rotatable bonds is 6. The van der Waals surface area contributed by atoms with Crippen molar-refractivity contribution in [3.63, 3.8) is 0 Å². The monoisotopic (exact) mass is 308 g/mol. The lowest BCUT2D eigenvalue weighted by molar-refractivity contribution is -0.116. The number of benzene rings is 1. The lowest BCUT2D eigenvalue weighted by atomic mass is 10.1. The highest BCUT2D eigenvalue weighted by molar-refractivity contribution is 5.90. The van der Waals surface area contributed by atoms with Crippen LogP contribution in [0.5, 0.6) is 0 Å². The lowest BCUT2D eigenvalue weighted by Gasteiger charge is -2.05. The number of amides is 1. The first kappa shape index (κ1) is 14.9. The van der Waals surface area contributed by atoms with Crippen molar-refractivity contribution in [2.24, 2.45) is 0 Å². The highest BCUT2D eigenvalue weighted by Gasteiger charge is 2.05. The third-order valence-corrected chi connectivity index (χ3v) is 3.38. The molecule has 23 heavy (non-hydrogen) atoms. The van der Waals surface area contributed by atoms with Gasteiger partial charge in [0.15, 0.2) is 0 Å². The van der Waals surface area contributed by atoms with Crippen LogP contribution in [0.3, 0.4) is 0 Å². The fraction of sp³-hybridized carbons (Fsp3) is 0.176. The van der Waals surface area contributed by atoms with E-state index < -0.39 is 0 Å². The van der Waals surface area contributed by atoms with Gasteiger partial charge in [0.2, 0.25) is 18.2 Å². The Kier molecular flexibility index (Phi) is 4.73. The molecule has 0 saturated heterocycles. The van der Waals surface area contributed by atoms with Crippen LogP contribution in [0.4, 0.5) is 5.69 Å². The minimum Gasteiger partial charge on any atom is -0.423 e. The molecule has 0 unspecified atom stereocenters. The minimum absolute atomic E-state index is 0.000445. The summed E-state index contributed by atoms with van der Waals surface area (Å²) in [6.45, 7) is 0. The van der Waals surface area contributed by atoms with Crippen LogP contribution < -0.4 is 5.32 Å². The number of pyridine rings is 1. The molecule has 0 radical (unpaired) electrons. The lowest BCUT2D eigenvalue weighted by Crippen LogP contribution is -2.11. The average Bonchev–Trinajstić information content (AvgIpc) is 3.11. The van der Waals surface area contributed by atoms with E-state index in [1.165, 1.54) is 12.0 Å². The maximum absolute atomic E-state index is 11.8. The van der Waals surface area contributed by atoms with Gasteiger partial charge in [-0.25, -0.2) is 0 Å². The second-order valence-corrected chi connectivity index (χ2v) is 5.08. The van der Waals surface area contributed by atoms with Crippen molar-refractivity contribution in [2.45, 2.75) is 19.3 Å². The van der Waals surface area contributed by atoms with Crippen LogP contribution in [0, 0.1) is 0 Å². The molecule has 3 aromatic rings. The molecule has 3 rings (SSSR count). The summed E-state index contributed by atoms with van der Waals surface area (Å²) in [5, 5.41) is 10.4. The molecule has 0 saturated carbocycles. The number of hydrogen-bond donors (Lipinski definition) is 1. The fourth-order valence-corrected chi connectivity index (χ4v) is 2.23. The average molecular weight is 308 g/mol. The number of hydrogen-bond acceptors (Lipinski definition) is 5. The van der Waals surface area contributed by atoms with Crippen LogP contribution in [0.1, 0.15) is 18.4 Å². The number of anilines is 1. The van der Waals surface area contributed by atoms with Crippen LogP contribution >= 0.6 is 0 Å². The van der Waals surface area contributed by atoms with E-state index in [-0.39, 0.29) is 5.91 Å². The fourth-order valence-electron chi connectivity index (χ4n) is 2.23. The first-order valence-electron chi connectivity index (χ1n) is 7.36. The molecule has 0 bridgehead atoms. The SMILES string of the molecule is O=C(CCCc1ccc(-c2nnco2)cc1)Nc1cccnc1. The summed E-state index contributed by atoms with van der Waals surface area (Å²) in [6.07, 6.45) is 6.71. The van der Waals surface area contributed by atoms with Crippen LogP contribution in [-0.4, -0.2) is 21.1 Å². The Bertz CT molecular complexity index is 740. The molecular formula is C17H16N4O2. The molecule has 1 amide bonds. The topological polar surface area (TPSA) is 80.9 Å². The number of aromatic nitrogens is 3. The second-order valence-electron chi connectivity index (χ2n) is 5.08. The third-order valence-electron chi connectivity index (χ3n) is 3.38. The van der Waals surface area contributed by atoms with Gasteiger partial charge in [0.25, 0.3) is 0 Å². The number of carbonyl (C=O) groups is 1. The van der Waals surface area contributed by atoms with Gasteiger partial charge in [-0.2, -0.15) is 0 Å². The van der Waals surface area contributed by atoms with Gasteiger partial charge in [-0.15, -0.1) is 10.2 Å². The Labute approximate surface area is 133 Å². The smallest absolute Gasteiger partial charge is 0.247 e. The van der Waals surface area contributed by atoms with Crippen molar-refractivity contribution in [3.8, 4) is 11.5 Å².